The molecule has 0 N–H and O–H groups in total. The summed E-state index contributed by atoms with van der Waals surface area (Å²) in [6.07, 6.45) is 1.89. The predicted octanol–water partition coefficient (Wildman–Crippen LogP) is 4.20. The summed E-state index contributed by atoms with van der Waals surface area (Å²) >= 11 is 3.41. The predicted molar refractivity (Wildman–Crippen MR) is 89.8 cm³/mol. The van der Waals surface area contributed by atoms with E-state index in [1.165, 1.54) is 0 Å². The van der Waals surface area contributed by atoms with Gasteiger partial charge in [0.05, 0.1) is 4.90 Å². The molecule has 2 rings (SSSR count). The first-order valence-electron chi connectivity index (χ1n) is 7.38. The van der Waals surface area contributed by atoms with Gasteiger partial charge in [0.25, 0.3) is 0 Å². The molecule has 1 aliphatic heterocycles. The Bertz CT molecular complexity index is 612. The van der Waals surface area contributed by atoms with E-state index >= 15 is 0 Å². The van der Waals surface area contributed by atoms with E-state index in [0.717, 1.165) is 22.9 Å². The fourth-order valence-electron chi connectivity index (χ4n) is 2.89. The summed E-state index contributed by atoms with van der Waals surface area (Å²) in [5.41, 5.74) is 1.20. The molecule has 0 saturated carbocycles. The first kappa shape index (κ1) is 17.0. The fourth-order valence-corrected chi connectivity index (χ4v) is 4.69. The number of rotatable bonds is 2. The Morgan fingerprint density at radius 1 is 1.19 bits per heavy atom. The molecule has 1 aromatic carbocycles. The second kappa shape index (κ2) is 6.01. The van der Waals surface area contributed by atoms with Gasteiger partial charge in [0.1, 0.15) is 0 Å². The zero-order valence-electron chi connectivity index (χ0n) is 13.2. The normalized spacial score (nSPS) is 18.9. The summed E-state index contributed by atoms with van der Waals surface area (Å²) in [7, 11) is -3.36. The van der Waals surface area contributed by atoms with Crippen molar-refractivity contribution in [1.29, 1.82) is 0 Å². The van der Waals surface area contributed by atoms with E-state index in [1.54, 1.807) is 16.4 Å². The van der Waals surface area contributed by atoms with E-state index < -0.39 is 10.0 Å². The molecule has 1 aliphatic rings. The third-order valence-electron chi connectivity index (χ3n) is 4.45. The molecule has 0 atom stereocenters. The molecule has 5 heteroatoms. The number of nitrogens with zero attached hydrogens (tertiary/aromatic N) is 1. The molecular weight excluding hydrogens is 350 g/mol. The van der Waals surface area contributed by atoms with Crippen LogP contribution in [0, 0.1) is 18.3 Å². The summed E-state index contributed by atoms with van der Waals surface area (Å²) in [4.78, 5) is 0.400. The van der Waals surface area contributed by atoms with Gasteiger partial charge < -0.3 is 0 Å². The van der Waals surface area contributed by atoms with Crippen LogP contribution >= 0.6 is 15.9 Å². The van der Waals surface area contributed by atoms with Gasteiger partial charge in [0.2, 0.25) is 10.0 Å². The Morgan fingerprint density at radius 2 is 1.76 bits per heavy atom. The van der Waals surface area contributed by atoms with Crippen molar-refractivity contribution in [1.82, 2.24) is 4.31 Å². The van der Waals surface area contributed by atoms with E-state index in [1.807, 2.05) is 13.0 Å². The smallest absolute Gasteiger partial charge is 0.207 e. The van der Waals surface area contributed by atoms with Crippen molar-refractivity contribution in [3.63, 3.8) is 0 Å². The molecular formula is C16H24BrNO2S. The largest absolute Gasteiger partial charge is 0.243 e. The summed E-state index contributed by atoms with van der Waals surface area (Å²) in [5, 5.41) is 0. The highest BCUT2D eigenvalue weighted by molar-refractivity contribution is 9.10. The van der Waals surface area contributed by atoms with Gasteiger partial charge in [0.15, 0.2) is 0 Å². The van der Waals surface area contributed by atoms with Crippen molar-refractivity contribution in [3.05, 3.63) is 28.2 Å². The van der Waals surface area contributed by atoms with Gasteiger partial charge in [-0.1, -0.05) is 36.7 Å². The summed E-state index contributed by atoms with van der Waals surface area (Å²) in [6, 6.07) is 5.24. The number of aryl methyl sites for hydroxylation is 1. The first-order valence-corrected chi connectivity index (χ1v) is 9.62. The van der Waals surface area contributed by atoms with Crippen LogP contribution in [0.5, 0.6) is 0 Å². The van der Waals surface area contributed by atoms with E-state index in [-0.39, 0.29) is 5.41 Å². The Hall–Kier alpha value is -0.390. The van der Waals surface area contributed by atoms with Gasteiger partial charge >= 0.3 is 0 Å². The van der Waals surface area contributed by atoms with Crippen LogP contribution < -0.4 is 0 Å². The molecule has 3 nitrogen and oxygen atoms in total. The maximum absolute atomic E-state index is 12.7. The highest BCUT2D eigenvalue weighted by atomic mass is 79.9. The lowest BCUT2D eigenvalue weighted by Crippen LogP contribution is -2.41. The molecule has 1 aromatic rings. The third-order valence-corrected chi connectivity index (χ3v) is 7.23. The number of hydrogen-bond acceptors (Lipinski definition) is 2. The Morgan fingerprint density at radius 3 is 2.24 bits per heavy atom. The van der Waals surface area contributed by atoms with Crippen molar-refractivity contribution in [2.75, 3.05) is 13.1 Å². The molecule has 0 aliphatic carbocycles. The minimum Gasteiger partial charge on any atom is -0.207 e. The maximum atomic E-state index is 12.7. The molecule has 0 amide bonds. The van der Waals surface area contributed by atoms with Crippen molar-refractivity contribution in [3.8, 4) is 0 Å². The molecule has 0 aromatic heterocycles. The minimum absolute atomic E-state index is 0.254. The molecule has 0 spiro atoms. The van der Waals surface area contributed by atoms with Crippen molar-refractivity contribution in [2.45, 2.75) is 45.4 Å². The quantitative estimate of drug-likeness (QED) is 0.778. The van der Waals surface area contributed by atoms with E-state index in [0.29, 0.717) is 23.9 Å². The zero-order chi connectivity index (χ0) is 15.8. The second-order valence-corrected chi connectivity index (χ2v) is 9.75. The van der Waals surface area contributed by atoms with Crippen LogP contribution in [0.3, 0.4) is 0 Å². The van der Waals surface area contributed by atoms with Crippen LogP contribution in [0.1, 0.15) is 39.2 Å². The number of hydrogen-bond donors (Lipinski definition) is 0. The van der Waals surface area contributed by atoms with Crippen LogP contribution in [0.25, 0.3) is 0 Å². The molecule has 1 heterocycles. The van der Waals surface area contributed by atoms with Crippen LogP contribution in [-0.4, -0.2) is 25.8 Å². The average molecular weight is 374 g/mol. The van der Waals surface area contributed by atoms with Crippen molar-refractivity contribution >= 4 is 26.0 Å². The molecule has 1 fully saturated rings. The lowest BCUT2D eigenvalue weighted by atomic mass is 9.76. The highest BCUT2D eigenvalue weighted by Gasteiger charge is 2.33. The third kappa shape index (κ3) is 3.69. The molecule has 21 heavy (non-hydrogen) atoms. The number of halogens is 1. The molecule has 0 unspecified atom stereocenters. The average Bonchev–Trinajstić information content (AvgIpc) is 2.41. The minimum atomic E-state index is -3.36. The summed E-state index contributed by atoms with van der Waals surface area (Å²) in [5.74, 6) is 0.593. The van der Waals surface area contributed by atoms with Gasteiger partial charge in [-0.15, -0.1) is 0 Å². The molecule has 0 radical (unpaired) electrons. The van der Waals surface area contributed by atoms with Crippen LogP contribution in [0.4, 0.5) is 0 Å². The molecule has 118 valence electrons. The van der Waals surface area contributed by atoms with Crippen LogP contribution in [-0.2, 0) is 10.0 Å². The SMILES string of the molecule is Cc1cc(S(=O)(=O)N2CCC(C(C)(C)C)CC2)ccc1Br. The van der Waals surface area contributed by atoms with E-state index in [9.17, 15) is 8.42 Å². The van der Waals surface area contributed by atoms with E-state index in [2.05, 4.69) is 36.7 Å². The zero-order valence-corrected chi connectivity index (χ0v) is 15.6. The fraction of sp³-hybridized carbons (Fsp3) is 0.625. The van der Waals surface area contributed by atoms with Crippen molar-refractivity contribution in [2.24, 2.45) is 11.3 Å². The van der Waals surface area contributed by atoms with Gasteiger partial charge in [-0.2, -0.15) is 4.31 Å². The number of sulfonamides is 1. The second-order valence-electron chi connectivity index (χ2n) is 6.96. The highest BCUT2D eigenvalue weighted by Crippen LogP contribution is 2.35. The first-order chi connectivity index (χ1) is 9.62. The van der Waals surface area contributed by atoms with Gasteiger partial charge in [-0.05, 0) is 54.9 Å². The van der Waals surface area contributed by atoms with E-state index in [4.69, 9.17) is 0 Å². The summed E-state index contributed by atoms with van der Waals surface area (Å²) < 4.78 is 28.0. The Labute approximate surface area is 136 Å². The Kier molecular flexibility index (Phi) is 4.86. The lowest BCUT2D eigenvalue weighted by Gasteiger charge is -2.38. The van der Waals surface area contributed by atoms with Gasteiger partial charge in [-0.25, -0.2) is 8.42 Å². The van der Waals surface area contributed by atoms with Gasteiger partial charge in [0, 0.05) is 17.6 Å². The number of benzene rings is 1. The number of piperidine rings is 1. The van der Waals surface area contributed by atoms with Crippen molar-refractivity contribution < 1.29 is 8.42 Å². The topological polar surface area (TPSA) is 37.4 Å². The van der Waals surface area contributed by atoms with Crippen LogP contribution in [0.2, 0.25) is 0 Å². The standard InChI is InChI=1S/C16H24BrNO2S/c1-12-11-14(5-6-15(12)17)21(19,20)18-9-7-13(8-10-18)16(2,3)4/h5-6,11,13H,7-10H2,1-4H3. The monoisotopic (exact) mass is 373 g/mol. The van der Waals surface area contributed by atoms with Gasteiger partial charge in [-0.3, -0.25) is 0 Å². The molecule has 0 bridgehead atoms. The summed E-state index contributed by atoms with van der Waals surface area (Å²) in [6.45, 7) is 9.87. The lowest BCUT2D eigenvalue weighted by molar-refractivity contribution is 0.154. The Balaban J connectivity index is 2.17. The van der Waals surface area contributed by atoms with Crippen LogP contribution in [0.15, 0.2) is 27.6 Å². The maximum Gasteiger partial charge on any atom is 0.243 e. The molecule has 1 saturated heterocycles.